The van der Waals surface area contributed by atoms with Crippen molar-refractivity contribution < 1.29 is 13.7 Å². The Kier molecular flexibility index (Phi) is 6.16. The first-order valence-corrected chi connectivity index (χ1v) is 9.24. The average Bonchev–Trinajstić information content (AvgIpc) is 2.94. The molecule has 0 N–H and O–H groups in total. The van der Waals surface area contributed by atoms with E-state index < -0.39 is 0 Å². The molecule has 0 unspecified atom stereocenters. The van der Waals surface area contributed by atoms with Gasteiger partial charge < -0.3 is 9.42 Å². The first-order valence-electron chi connectivity index (χ1n) is 8.48. The number of aryl methyl sites for hydroxylation is 1. The fraction of sp³-hybridized carbons (Fsp3) is 0.444. The van der Waals surface area contributed by atoms with Crippen LogP contribution >= 0.6 is 23.2 Å². The summed E-state index contributed by atoms with van der Waals surface area (Å²) in [7, 11) is 0. The number of nitrogens with zero attached hydrogens (tertiary/aromatic N) is 3. The van der Waals surface area contributed by atoms with Gasteiger partial charge in [0.15, 0.2) is 0 Å². The van der Waals surface area contributed by atoms with E-state index in [4.69, 9.17) is 27.7 Å². The Morgan fingerprint density at radius 3 is 2.62 bits per heavy atom. The van der Waals surface area contributed by atoms with E-state index in [9.17, 15) is 9.18 Å². The number of hydrogen-bond acceptors (Lipinski definition) is 4. The zero-order valence-corrected chi connectivity index (χ0v) is 16.0. The van der Waals surface area contributed by atoms with Crippen LogP contribution in [-0.2, 0) is 17.8 Å². The molecular formula is C18H20Cl2FN3O2. The van der Waals surface area contributed by atoms with Crippen LogP contribution < -0.4 is 0 Å². The molecule has 140 valence electrons. The van der Waals surface area contributed by atoms with Crippen LogP contribution in [-0.4, -0.2) is 47.0 Å². The molecule has 0 spiro atoms. The number of rotatable bonds is 5. The molecule has 1 aromatic carbocycles. The lowest BCUT2D eigenvalue weighted by molar-refractivity contribution is -0.133. The zero-order valence-electron chi connectivity index (χ0n) is 14.5. The number of benzene rings is 1. The summed E-state index contributed by atoms with van der Waals surface area (Å²) in [5.41, 5.74) is 2.42. The molecule has 2 heterocycles. The highest BCUT2D eigenvalue weighted by atomic mass is 35.5. The third-order valence-electron chi connectivity index (χ3n) is 4.66. The van der Waals surface area contributed by atoms with Gasteiger partial charge in [-0.25, -0.2) is 4.39 Å². The summed E-state index contributed by atoms with van der Waals surface area (Å²) in [5.74, 6) is -0.238. The van der Waals surface area contributed by atoms with Crippen molar-refractivity contribution in [1.82, 2.24) is 15.0 Å². The molecule has 8 heteroatoms. The normalized spacial score (nSPS) is 15.5. The summed E-state index contributed by atoms with van der Waals surface area (Å²) in [6, 6.07) is 4.45. The van der Waals surface area contributed by atoms with E-state index in [2.05, 4.69) is 10.1 Å². The molecule has 26 heavy (non-hydrogen) atoms. The van der Waals surface area contributed by atoms with Crippen LogP contribution in [0.2, 0.25) is 10.2 Å². The van der Waals surface area contributed by atoms with Crippen molar-refractivity contribution in [3.05, 3.63) is 51.1 Å². The minimum Gasteiger partial charge on any atom is -0.344 e. The lowest BCUT2D eigenvalue weighted by atomic mass is 10.1. The second-order valence-corrected chi connectivity index (χ2v) is 7.16. The molecule has 1 aliphatic rings. The molecule has 2 aromatic rings. The summed E-state index contributed by atoms with van der Waals surface area (Å²) in [6.45, 7) is 5.30. The van der Waals surface area contributed by atoms with Crippen LogP contribution in [0.25, 0.3) is 0 Å². The van der Waals surface area contributed by atoms with Gasteiger partial charge in [-0.2, -0.15) is 0 Å². The number of hydrogen-bond donors (Lipinski definition) is 0. The summed E-state index contributed by atoms with van der Waals surface area (Å²) >= 11 is 12.0. The smallest absolute Gasteiger partial charge is 0.229 e. The van der Waals surface area contributed by atoms with Gasteiger partial charge in [0.1, 0.15) is 5.82 Å². The fourth-order valence-electron chi connectivity index (χ4n) is 3.08. The Labute approximate surface area is 161 Å². The summed E-state index contributed by atoms with van der Waals surface area (Å²) < 4.78 is 18.0. The highest BCUT2D eigenvalue weighted by Gasteiger charge is 2.22. The van der Waals surface area contributed by atoms with E-state index in [1.54, 1.807) is 6.07 Å². The van der Waals surface area contributed by atoms with Crippen molar-refractivity contribution in [3.8, 4) is 0 Å². The van der Waals surface area contributed by atoms with Gasteiger partial charge in [-0.05, 0) is 42.6 Å². The molecule has 1 aliphatic heterocycles. The van der Waals surface area contributed by atoms with Crippen molar-refractivity contribution in [2.45, 2.75) is 26.3 Å². The number of aromatic nitrogens is 1. The van der Waals surface area contributed by atoms with Gasteiger partial charge >= 0.3 is 0 Å². The molecule has 3 rings (SSSR count). The molecule has 5 nitrogen and oxygen atoms in total. The van der Waals surface area contributed by atoms with Crippen molar-refractivity contribution in [2.24, 2.45) is 0 Å². The van der Waals surface area contributed by atoms with Gasteiger partial charge in [-0.3, -0.25) is 9.69 Å². The van der Waals surface area contributed by atoms with Gasteiger partial charge in [-0.1, -0.05) is 22.8 Å². The maximum absolute atomic E-state index is 13.1. The van der Waals surface area contributed by atoms with E-state index in [0.29, 0.717) is 37.5 Å². The molecule has 1 amide bonds. The number of carbonyl (C=O) groups is 1. The maximum Gasteiger partial charge on any atom is 0.229 e. The maximum atomic E-state index is 13.1. The molecule has 0 radical (unpaired) electrons. The van der Waals surface area contributed by atoms with Gasteiger partial charge in [0, 0.05) is 49.7 Å². The van der Waals surface area contributed by atoms with E-state index >= 15 is 0 Å². The second-order valence-electron chi connectivity index (χ2n) is 6.41. The SMILES string of the molecule is Cc1noc(Cl)c1CCC(=O)N1CCN(Cc2ccc(F)cc2Cl)CC1. The van der Waals surface area contributed by atoms with Gasteiger partial charge in [0.05, 0.1) is 5.69 Å². The summed E-state index contributed by atoms with van der Waals surface area (Å²) in [6.07, 6.45) is 0.907. The van der Waals surface area contributed by atoms with Crippen LogP contribution in [0, 0.1) is 12.7 Å². The minimum absolute atomic E-state index is 0.0983. The van der Waals surface area contributed by atoms with Gasteiger partial charge in [0.25, 0.3) is 0 Å². The Bertz CT molecular complexity index is 769. The molecule has 0 saturated carbocycles. The first kappa shape index (κ1) is 19.1. The number of piperazine rings is 1. The summed E-state index contributed by atoms with van der Waals surface area (Å²) in [5, 5.41) is 4.49. The fourth-order valence-corrected chi connectivity index (χ4v) is 3.57. The Hall–Kier alpha value is -1.63. The number of amides is 1. The third kappa shape index (κ3) is 4.55. The molecule has 1 saturated heterocycles. The Balaban J connectivity index is 1.48. The monoisotopic (exact) mass is 399 g/mol. The summed E-state index contributed by atoms with van der Waals surface area (Å²) in [4.78, 5) is 16.5. The quantitative estimate of drug-likeness (QED) is 0.768. The van der Waals surface area contributed by atoms with E-state index in [-0.39, 0.29) is 16.9 Å². The highest BCUT2D eigenvalue weighted by Crippen LogP contribution is 2.22. The zero-order chi connectivity index (χ0) is 18.7. The molecular weight excluding hydrogens is 380 g/mol. The van der Waals surface area contributed by atoms with Crippen molar-refractivity contribution in [3.63, 3.8) is 0 Å². The van der Waals surface area contributed by atoms with Crippen molar-refractivity contribution >= 4 is 29.1 Å². The minimum atomic E-state index is -0.336. The van der Waals surface area contributed by atoms with Crippen LogP contribution in [0.5, 0.6) is 0 Å². The second kappa shape index (κ2) is 8.37. The molecule has 1 aromatic heterocycles. The predicted octanol–water partition coefficient (Wildman–Crippen LogP) is 3.71. The largest absolute Gasteiger partial charge is 0.344 e. The highest BCUT2D eigenvalue weighted by molar-refractivity contribution is 6.31. The number of halogens is 3. The van der Waals surface area contributed by atoms with Crippen LogP contribution in [0.3, 0.4) is 0 Å². The van der Waals surface area contributed by atoms with E-state index in [0.717, 1.165) is 29.9 Å². The first-order chi connectivity index (χ1) is 12.4. The molecule has 1 fully saturated rings. The van der Waals surface area contributed by atoms with Crippen molar-refractivity contribution in [1.29, 1.82) is 0 Å². The topological polar surface area (TPSA) is 49.6 Å². The van der Waals surface area contributed by atoms with Gasteiger partial charge in [-0.15, -0.1) is 0 Å². The lowest BCUT2D eigenvalue weighted by Gasteiger charge is -2.35. The molecule has 0 atom stereocenters. The van der Waals surface area contributed by atoms with E-state index in [1.807, 2.05) is 11.8 Å². The average molecular weight is 400 g/mol. The Morgan fingerprint density at radius 1 is 1.27 bits per heavy atom. The lowest BCUT2D eigenvalue weighted by Crippen LogP contribution is -2.48. The van der Waals surface area contributed by atoms with Crippen molar-refractivity contribution in [2.75, 3.05) is 26.2 Å². The molecule has 0 bridgehead atoms. The van der Waals surface area contributed by atoms with Crippen LogP contribution in [0.15, 0.2) is 22.7 Å². The predicted molar refractivity (Wildman–Crippen MR) is 97.8 cm³/mol. The standard InChI is InChI=1S/C18H20Cl2FN3O2/c1-12-15(18(20)26-22-12)4-5-17(25)24-8-6-23(7-9-24)11-13-2-3-14(21)10-16(13)19/h2-3,10H,4-9,11H2,1H3. The van der Waals surface area contributed by atoms with Gasteiger partial charge in [0.2, 0.25) is 11.1 Å². The van der Waals surface area contributed by atoms with Crippen LogP contribution in [0.1, 0.15) is 23.2 Å². The molecule has 0 aliphatic carbocycles. The third-order valence-corrected chi connectivity index (χ3v) is 5.31. The van der Waals surface area contributed by atoms with Crippen LogP contribution in [0.4, 0.5) is 4.39 Å². The number of carbonyl (C=O) groups excluding carboxylic acids is 1. The Morgan fingerprint density at radius 2 is 2.00 bits per heavy atom. The van der Waals surface area contributed by atoms with E-state index in [1.165, 1.54) is 12.1 Å².